The maximum Gasteiger partial charge on any atom is 0.191 e. The summed E-state index contributed by atoms with van der Waals surface area (Å²) in [5, 5.41) is 6.78. The van der Waals surface area contributed by atoms with Crippen LogP contribution in [0.2, 0.25) is 0 Å². The molecule has 0 aromatic carbocycles. The number of hydrogen-bond acceptors (Lipinski definition) is 4. The van der Waals surface area contributed by atoms with E-state index in [2.05, 4.69) is 46.3 Å². The van der Waals surface area contributed by atoms with E-state index in [4.69, 9.17) is 4.74 Å². The van der Waals surface area contributed by atoms with Gasteiger partial charge in [-0.1, -0.05) is 13.3 Å². The van der Waals surface area contributed by atoms with Crippen LogP contribution in [0.15, 0.2) is 4.99 Å². The van der Waals surface area contributed by atoms with E-state index >= 15 is 0 Å². The largest absolute Gasteiger partial charge is 0.381 e. The van der Waals surface area contributed by atoms with Gasteiger partial charge in [0, 0.05) is 45.9 Å². The summed E-state index contributed by atoms with van der Waals surface area (Å²) in [6, 6.07) is 0. The first-order valence-electron chi connectivity index (χ1n) is 10.3. The first-order valence-corrected chi connectivity index (χ1v) is 10.3. The predicted molar refractivity (Wildman–Crippen MR) is 123 cm³/mol. The molecule has 1 rings (SSSR count). The molecule has 0 unspecified atom stereocenters. The van der Waals surface area contributed by atoms with Crippen LogP contribution in [0.1, 0.15) is 46.0 Å². The first-order chi connectivity index (χ1) is 12.3. The zero-order valence-corrected chi connectivity index (χ0v) is 19.6. The number of likely N-dealkylation sites (N-methyl/N-ethyl adjacent to an activating group) is 1. The van der Waals surface area contributed by atoms with Gasteiger partial charge in [0.15, 0.2) is 5.96 Å². The van der Waals surface area contributed by atoms with Crippen LogP contribution in [-0.2, 0) is 4.74 Å². The summed E-state index contributed by atoms with van der Waals surface area (Å²) in [7, 11) is 2.22. The Morgan fingerprint density at radius 1 is 1.00 bits per heavy atom. The maximum absolute atomic E-state index is 5.58. The van der Waals surface area contributed by atoms with Crippen LogP contribution >= 0.6 is 24.0 Å². The lowest BCUT2D eigenvalue weighted by atomic mass is 10.3. The van der Waals surface area contributed by atoms with Crippen LogP contribution in [0, 0.1) is 0 Å². The number of nitrogens with zero attached hydrogens (tertiary/aromatic N) is 3. The quantitative estimate of drug-likeness (QED) is 0.193. The van der Waals surface area contributed by atoms with Crippen molar-refractivity contribution in [1.29, 1.82) is 0 Å². The second kappa shape index (κ2) is 18.3. The highest BCUT2D eigenvalue weighted by Gasteiger charge is 2.11. The Hall–Kier alpha value is -0.120. The van der Waals surface area contributed by atoms with Gasteiger partial charge >= 0.3 is 0 Å². The molecular weight excluding hydrogens is 441 g/mol. The van der Waals surface area contributed by atoms with Gasteiger partial charge in [0.2, 0.25) is 0 Å². The molecule has 7 heteroatoms. The fourth-order valence-corrected chi connectivity index (χ4v) is 2.88. The van der Waals surface area contributed by atoms with Gasteiger partial charge in [-0.2, -0.15) is 0 Å². The third-order valence-electron chi connectivity index (χ3n) is 4.46. The Kier molecular flexibility index (Phi) is 18.2. The number of guanidine groups is 1. The minimum Gasteiger partial charge on any atom is -0.381 e. The van der Waals surface area contributed by atoms with Crippen LogP contribution in [-0.4, -0.2) is 88.4 Å². The van der Waals surface area contributed by atoms with E-state index in [0.29, 0.717) is 0 Å². The third-order valence-corrected chi connectivity index (χ3v) is 4.46. The second-order valence-corrected chi connectivity index (χ2v) is 6.86. The SMILES string of the molecule is CCCCOCCCN=C(NCC)NCCCN1CCCN(C)CC1.I. The Morgan fingerprint density at radius 2 is 1.81 bits per heavy atom. The van der Waals surface area contributed by atoms with Gasteiger partial charge in [-0.15, -0.1) is 24.0 Å². The molecule has 1 aliphatic heterocycles. The van der Waals surface area contributed by atoms with E-state index in [9.17, 15) is 0 Å². The lowest BCUT2D eigenvalue weighted by Gasteiger charge is -2.20. The lowest BCUT2D eigenvalue weighted by Crippen LogP contribution is -2.39. The Morgan fingerprint density at radius 3 is 2.58 bits per heavy atom. The van der Waals surface area contributed by atoms with E-state index in [1.807, 2.05) is 0 Å². The number of ether oxygens (including phenoxy) is 1. The van der Waals surface area contributed by atoms with Crippen LogP contribution in [0.5, 0.6) is 0 Å². The average molecular weight is 483 g/mol. The number of hydrogen-bond donors (Lipinski definition) is 2. The summed E-state index contributed by atoms with van der Waals surface area (Å²) in [6.45, 7) is 14.7. The van der Waals surface area contributed by atoms with Crippen molar-refractivity contribution in [1.82, 2.24) is 20.4 Å². The van der Waals surface area contributed by atoms with Crippen LogP contribution in [0.3, 0.4) is 0 Å². The monoisotopic (exact) mass is 483 g/mol. The molecule has 156 valence electrons. The summed E-state index contributed by atoms with van der Waals surface area (Å²) in [5.41, 5.74) is 0. The van der Waals surface area contributed by atoms with Gasteiger partial charge < -0.3 is 25.2 Å². The van der Waals surface area contributed by atoms with E-state index in [-0.39, 0.29) is 24.0 Å². The van der Waals surface area contributed by atoms with Crippen LogP contribution in [0.4, 0.5) is 0 Å². The van der Waals surface area contributed by atoms with Crippen molar-refractivity contribution in [2.75, 3.05) is 72.6 Å². The van der Waals surface area contributed by atoms with E-state index in [1.54, 1.807) is 0 Å². The molecule has 0 bridgehead atoms. The topological polar surface area (TPSA) is 52.1 Å². The second-order valence-electron chi connectivity index (χ2n) is 6.86. The number of halogens is 1. The van der Waals surface area contributed by atoms with E-state index < -0.39 is 0 Å². The molecule has 0 saturated carbocycles. The van der Waals surface area contributed by atoms with E-state index in [0.717, 1.165) is 58.1 Å². The van der Waals surface area contributed by atoms with Gasteiger partial charge in [0.1, 0.15) is 0 Å². The normalized spacial score (nSPS) is 16.8. The van der Waals surface area contributed by atoms with E-state index in [1.165, 1.54) is 45.6 Å². The molecule has 1 aliphatic rings. The fraction of sp³-hybridized carbons (Fsp3) is 0.947. The average Bonchev–Trinajstić information content (AvgIpc) is 2.82. The highest BCUT2D eigenvalue weighted by Crippen LogP contribution is 2.01. The van der Waals surface area contributed by atoms with Crippen LogP contribution in [0.25, 0.3) is 0 Å². The van der Waals surface area contributed by atoms with Crippen molar-refractivity contribution in [2.45, 2.75) is 46.0 Å². The molecule has 1 fully saturated rings. The fourth-order valence-electron chi connectivity index (χ4n) is 2.88. The molecule has 26 heavy (non-hydrogen) atoms. The summed E-state index contributed by atoms with van der Waals surface area (Å²) in [4.78, 5) is 9.65. The molecule has 0 spiro atoms. The molecule has 0 aromatic heterocycles. The minimum atomic E-state index is 0. The van der Waals surface area contributed by atoms with Crippen molar-refractivity contribution >= 4 is 29.9 Å². The highest BCUT2D eigenvalue weighted by atomic mass is 127. The van der Waals surface area contributed by atoms with Gasteiger partial charge in [0.25, 0.3) is 0 Å². The van der Waals surface area contributed by atoms with Gasteiger partial charge in [-0.25, -0.2) is 0 Å². The molecular formula is C19H42IN5O. The zero-order chi connectivity index (χ0) is 18.2. The zero-order valence-electron chi connectivity index (χ0n) is 17.3. The molecule has 0 aliphatic carbocycles. The number of nitrogens with one attached hydrogen (secondary N) is 2. The standard InChI is InChI=1S/C19H41N5O.HI/c1-4-6-17-25-18-8-11-22-19(20-5-2)21-10-7-13-24-14-9-12-23(3)15-16-24;/h4-18H2,1-3H3,(H2,20,21,22);1H. The molecule has 0 radical (unpaired) electrons. The predicted octanol–water partition coefficient (Wildman–Crippen LogP) is 2.39. The summed E-state index contributed by atoms with van der Waals surface area (Å²) < 4.78 is 5.58. The molecule has 0 aromatic rings. The molecule has 1 saturated heterocycles. The third kappa shape index (κ3) is 14.0. The smallest absolute Gasteiger partial charge is 0.191 e. The highest BCUT2D eigenvalue weighted by molar-refractivity contribution is 14.0. The summed E-state index contributed by atoms with van der Waals surface area (Å²) in [6.07, 6.45) is 5.78. The van der Waals surface area contributed by atoms with Crippen molar-refractivity contribution < 1.29 is 4.74 Å². The van der Waals surface area contributed by atoms with Crippen molar-refractivity contribution in [3.63, 3.8) is 0 Å². The van der Waals surface area contributed by atoms with Gasteiger partial charge in [-0.05, 0) is 59.3 Å². The van der Waals surface area contributed by atoms with Crippen molar-refractivity contribution in [3.8, 4) is 0 Å². The molecule has 1 heterocycles. The Balaban J connectivity index is 0.00000625. The van der Waals surface area contributed by atoms with Crippen molar-refractivity contribution in [2.24, 2.45) is 4.99 Å². The summed E-state index contributed by atoms with van der Waals surface area (Å²) in [5.74, 6) is 0.937. The minimum absolute atomic E-state index is 0. The number of unbranched alkanes of at least 4 members (excludes halogenated alkanes) is 1. The maximum atomic E-state index is 5.58. The lowest BCUT2D eigenvalue weighted by molar-refractivity contribution is 0.130. The molecule has 6 nitrogen and oxygen atoms in total. The first kappa shape index (κ1) is 25.9. The summed E-state index contributed by atoms with van der Waals surface area (Å²) >= 11 is 0. The number of aliphatic imine (C=N–C) groups is 1. The molecule has 2 N–H and O–H groups in total. The Bertz CT molecular complexity index is 344. The number of rotatable bonds is 12. The molecule has 0 amide bonds. The van der Waals surface area contributed by atoms with Gasteiger partial charge in [-0.3, -0.25) is 4.99 Å². The van der Waals surface area contributed by atoms with Crippen molar-refractivity contribution in [3.05, 3.63) is 0 Å². The van der Waals surface area contributed by atoms with Gasteiger partial charge in [0.05, 0.1) is 0 Å². The Labute approximate surface area is 178 Å². The molecule has 0 atom stereocenters. The van der Waals surface area contributed by atoms with Crippen LogP contribution < -0.4 is 10.6 Å².